The van der Waals surface area contributed by atoms with Crippen molar-refractivity contribution < 1.29 is 9.59 Å². The zero-order valence-electron chi connectivity index (χ0n) is 10.0. The fourth-order valence-corrected chi connectivity index (χ4v) is 2.94. The van der Waals surface area contributed by atoms with Crippen LogP contribution in [0.15, 0.2) is 42.6 Å². The van der Waals surface area contributed by atoms with Crippen LogP contribution in [0.25, 0.3) is 0 Å². The number of Topliss-reactive ketones (excluding diaryl/α,β-unsaturated/α-hetero) is 1. The van der Waals surface area contributed by atoms with E-state index in [0.717, 1.165) is 5.56 Å². The number of pyridine rings is 1. The molecule has 0 N–H and O–H groups in total. The van der Waals surface area contributed by atoms with Gasteiger partial charge >= 0.3 is 0 Å². The van der Waals surface area contributed by atoms with Crippen LogP contribution in [0, 0.1) is 0 Å². The highest BCUT2D eigenvalue weighted by molar-refractivity contribution is 6.16. The van der Waals surface area contributed by atoms with Crippen LogP contribution in [0.5, 0.6) is 0 Å². The Morgan fingerprint density at radius 3 is 2.84 bits per heavy atom. The Labute approximate surface area is 109 Å². The van der Waals surface area contributed by atoms with Gasteiger partial charge in [-0.05, 0) is 18.2 Å². The van der Waals surface area contributed by atoms with Crippen molar-refractivity contribution in [2.24, 2.45) is 0 Å². The molecule has 1 atom stereocenters. The molecule has 1 amide bonds. The summed E-state index contributed by atoms with van der Waals surface area (Å²) >= 11 is 0. The lowest BCUT2D eigenvalue weighted by Crippen LogP contribution is -2.34. The third-order valence-electron chi connectivity index (χ3n) is 3.77. The van der Waals surface area contributed by atoms with E-state index < -0.39 is 0 Å². The van der Waals surface area contributed by atoms with Crippen LogP contribution in [0.2, 0.25) is 0 Å². The molecule has 2 aliphatic heterocycles. The van der Waals surface area contributed by atoms with Gasteiger partial charge in [-0.15, -0.1) is 0 Å². The van der Waals surface area contributed by atoms with Gasteiger partial charge in [0.1, 0.15) is 5.69 Å². The lowest BCUT2D eigenvalue weighted by molar-refractivity contribution is 0.0945. The minimum absolute atomic E-state index is 0.0846. The first-order valence-corrected chi connectivity index (χ1v) is 6.18. The first kappa shape index (κ1) is 10.4. The summed E-state index contributed by atoms with van der Waals surface area (Å²) in [6.45, 7) is 0. The molecule has 2 aromatic rings. The molecule has 0 bridgehead atoms. The largest absolute Gasteiger partial charge is 0.298 e. The molecule has 0 saturated heterocycles. The number of anilines is 1. The summed E-state index contributed by atoms with van der Waals surface area (Å²) in [6, 6.07) is 10.8. The number of hydrogen-bond donors (Lipinski definition) is 0. The van der Waals surface area contributed by atoms with E-state index in [1.54, 1.807) is 23.2 Å². The average molecular weight is 250 g/mol. The monoisotopic (exact) mass is 250 g/mol. The minimum atomic E-state index is -0.196. The Morgan fingerprint density at radius 2 is 1.95 bits per heavy atom. The third-order valence-corrected chi connectivity index (χ3v) is 3.77. The molecular weight excluding hydrogens is 240 g/mol. The van der Waals surface area contributed by atoms with E-state index in [0.29, 0.717) is 23.4 Å². The van der Waals surface area contributed by atoms with E-state index in [2.05, 4.69) is 4.98 Å². The molecule has 3 heterocycles. The van der Waals surface area contributed by atoms with Gasteiger partial charge in [0.05, 0.1) is 11.7 Å². The topological polar surface area (TPSA) is 50.3 Å². The van der Waals surface area contributed by atoms with Crippen molar-refractivity contribution in [1.82, 2.24) is 4.98 Å². The zero-order valence-corrected chi connectivity index (χ0v) is 10.0. The van der Waals surface area contributed by atoms with Crippen molar-refractivity contribution in [2.75, 3.05) is 4.90 Å². The number of para-hydroxylation sites is 1. The van der Waals surface area contributed by atoms with Crippen molar-refractivity contribution in [3.05, 3.63) is 59.4 Å². The number of ketones is 1. The van der Waals surface area contributed by atoms with E-state index in [1.807, 2.05) is 24.3 Å². The summed E-state index contributed by atoms with van der Waals surface area (Å²) in [5, 5.41) is 0. The van der Waals surface area contributed by atoms with Gasteiger partial charge in [-0.1, -0.05) is 18.2 Å². The van der Waals surface area contributed by atoms with Gasteiger partial charge in [0, 0.05) is 23.7 Å². The molecule has 0 aliphatic carbocycles. The van der Waals surface area contributed by atoms with Gasteiger partial charge < -0.3 is 0 Å². The predicted octanol–water partition coefficient (Wildman–Crippen LogP) is 2.37. The van der Waals surface area contributed by atoms with Crippen molar-refractivity contribution in [3.8, 4) is 0 Å². The summed E-state index contributed by atoms with van der Waals surface area (Å²) < 4.78 is 0. The highest BCUT2D eigenvalue weighted by atomic mass is 16.2. The molecule has 0 spiro atoms. The summed E-state index contributed by atoms with van der Waals surface area (Å²) in [4.78, 5) is 30.5. The van der Waals surface area contributed by atoms with Gasteiger partial charge in [-0.2, -0.15) is 0 Å². The van der Waals surface area contributed by atoms with Crippen LogP contribution >= 0.6 is 0 Å². The second-order valence-electron chi connectivity index (χ2n) is 4.78. The Balaban J connectivity index is 1.97. The second kappa shape index (κ2) is 3.51. The molecule has 0 fully saturated rings. The van der Waals surface area contributed by atoms with Crippen LogP contribution in [0.4, 0.5) is 5.69 Å². The molecule has 4 nitrogen and oxygen atoms in total. The van der Waals surface area contributed by atoms with Crippen LogP contribution in [0.3, 0.4) is 0 Å². The summed E-state index contributed by atoms with van der Waals surface area (Å²) in [7, 11) is 0. The third kappa shape index (κ3) is 1.25. The minimum Gasteiger partial charge on any atom is -0.298 e. The normalized spacial score (nSPS) is 20.0. The number of nitrogens with zero attached hydrogens (tertiary/aromatic N) is 2. The van der Waals surface area contributed by atoms with Gasteiger partial charge in [0.15, 0.2) is 5.78 Å². The quantitative estimate of drug-likeness (QED) is 0.721. The number of fused-ring (bicyclic) bond motifs is 5. The van der Waals surface area contributed by atoms with Crippen LogP contribution in [0.1, 0.15) is 38.9 Å². The highest BCUT2D eigenvalue weighted by Gasteiger charge is 2.43. The second-order valence-corrected chi connectivity index (χ2v) is 4.78. The summed E-state index contributed by atoms with van der Waals surface area (Å²) in [5.41, 5.74) is 2.65. The number of aromatic nitrogens is 1. The summed E-state index contributed by atoms with van der Waals surface area (Å²) in [5.74, 6) is -0.0260. The lowest BCUT2D eigenvalue weighted by Gasteiger charge is -2.31. The van der Waals surface area contributed by atoms with E-state index in [9.17, 15) is 9.59 Å². The molecule has 19 heavy (non-hydrogen) atoms. The number of carbonyl (C=O) groups excluding carboxylic acids is 2. The maximum absolute atomic E-state index is 12.5. The number of carbonyl (C=O) groups is 2. The molecule has 1 aromatic heterocycles. The van der Waals surface area contributed by atoms with Crippen molar-refractivity contribution in [2.45, 2.75) is 12.5 Å². The Bertz CT molecular complexity index is 724. The van der Waals surface area contributed by atoms with Gasteiger partial charge in [0.2, 0.25) is 0 Å². The van der Waals surface area contributed by atoms with Gasteiger partial charge in [0.25, 0.3) is 5.91 Å². The smallest absolute Gasteiger partial charge is 0.277 e. The molecule has 1 aromatic carbocycles. The molecular formula is C15H10N2O2. The predicted molar refractivity (Wildman–Crippen MR) is 69.2 cm³/mol. The number of rotatable bonds is 0. The zero-order chi connectivity index (χ0) is 13.0. The highest BCUT2D eigenvalue weighted by Crippen LogP contribution is 2.44. The van der Waals surface area contributed by atoms with E-state index >= 15 is 0 Å². The molecule has 4 heteroatoms. The van der Waals surface area contributed by atoms with Crippen molar-refractivity contribution >= 4 is 17.4 Å². The SMILES string of the molecule is O=C1CC2c3cccnc3C(=O)N2c2ccccc21. The Hall–Kier alpha value is -2.49. The van der Waals surface area contributed by atoms with E-state index in [-0.39, 0.29) is 17.7 Å². The molecule has 2 aliphatic rings. The van der Waals surface area contributed by atoms with Crippen LogP contribution < -0.4 is 4.90 Å². The fraction of sp³-hybridized carbons (Fsp3) is 0.133. The summed E-state index contributed by atoms with van der Waals surface area (Å²) in [6.07, 6.45) is 1.95. The molecule has 1 unspecified atom stereocenters. The van der Waals surface area contributed by atoms with Crippen LogP contribution in [-0.4, -0.2) is 16.7 Å². The lowest BCUT2D eigenvalue weighted by atomic mass is 9.93. The van der Waals surface area contributed by atoms with Gasteiger partial charge in [-0.25, -0.2) is 0 Å². The molecule has 0 radical (unpaired) electrons. The number of amides is 1. The molecule has 92 valence electrons. The standard InChI is InChI=1S/C15H10N2O2/c18-13-8-12-10-5-3-7-16-14(10)15(19)17(12)11-6-2-1-4-9(11)13/h1-7,12H,8H2. The Morgan fingerprint density at radius 1 is 1.11 bits per heavy atom. The maximum atomic E-state index is 12.5. The van der Waals surface area contributed by atoms with Gasteiger partial charge in [-0.3, -0.25) is 19.5 Å². The first-order chi connectivity index (χ1) is 9.27. The van der Waals surface area contributed by atoms with Crippen molar-refractivity contribution in [1.29, 1.82) is 0 Å². The molecule has 0 saturated carbocycles. The Kier molecular flexibility index (Phi) is 1.93. The van der Waals surface area contributed by atoms with Crippen LogP contribution in [-0.2, 0) is 0 Å². The fourth-order valence-electron chi connectivity index (χ4n) is 2.94. The van der Waals surface area contributed by atoms with E-state index in [4.69, 9.17) is 0 Å². The number of benzene rings is 1. The van der Waals surface area contributed by atoms with E-state index in [1.165, 1.54) is 0 Å². The first-order valence-electron chi connectivity index (χ1n) is 6.18. The molecule has 4 rings (SSSR count). The number of hydrogen-bond acceptors (Lipinski definition) is 3. The van der Waals surface area contributed by atoms with Crippen molar-refractivity contribution in [3.63, 3.8) is 0 Å². The maximum Gasteiger partial charge on any atom is 0.277 e. The average Bonchev–Trinajstić information content (AvgIpc) is 2.73.